The minimum Gasteiger partial charge on any atom is -0.385 e. The minimum absolute atomic E-state index is 0.315. The summed E-state index contributed by atoms with van der Waals surface area (Å²) < 4.78 is 5.18. The van der Waals surface area contributed by atoms with Crippen LogP contribution in [0.3, 0.4) is 0 Å². The highest BCUT2D eigenvalue weighted by Crippen LogP contribution is 2.29. The maximum absolute atomic E-state index is 11.8. The van der Waals surface area contributed by atoms with E-state index in [0.717, 1.165) is 11.1 Å². The molecule has 0 fully saturated rings. The van der Waals surface area contributed by atoms with Gasteiger partial charge in [0.1, 0.15) is 11.9 Å². The Balaban J connectivity index is 2.41. The van der Waals surface area contributed by atoms with Crippen LogP contribution in [0.4, 0.5) is 4.79 Å². The predicted molar refractivity (Wildman–Crippen MR) is 73.8 cm³/mol. The summed E-state index contributed by atoms with van der Waals surface area (Å²) in [7, 11) is 1.63. The lowest BCUT2D eigenvalue weighted by Crippen LogP contribution is -2.34. The Morgan fingerprint density at radius 2 is 2.26 bits per heavy atom. The molecule has 19 heavy (non-hydrogen) atoms. The van der Waals surface area contributed by atoms with Gasteiger partial charge in [0.25, 0.3) is 0 Å². The number of carbonyl (C=O) groups excluding carboxylic acids is 1. The lowest BCUT2D eigenvalue weighted by molar-refractivity contribution is 0.182. The van der Waals surface area contributed by atoms with Crippen molar-refractivity contribution in [1.82, 2.24) is 4.90 Å². The zero-order chi connectivity index (χ0) is 13.8. The largest absolute Gasteiger partial charge is 0.385 e. The summed E-state index contributed by atoms with van der Waals surface area (Å²) >= 11 is 0. The van der Waals surface area contributed by atoms with Gasteiger partial charge in [0.2, 0.25) is 0 Å². The summed E-state index contributed by atoms with van der Waals surface area (Å²) in [4.78, 5) is 17.2. The highest BCUT2D eigenvalue weighted by molar-refractivity contribution is 6.03. The maximum atomic E-state index is 11.8. The average molecular weight is 259 g/mol. The van der Waals surface area contributed by atoms with Gasteiger partial charge < -0.3 is 15.4 Å². The van der Waals surface area contributed by atoms with E-state index < -0.39 is 0 Å². The van der Waals surface area contributed by atoms with Gasteiger partial charge in [-0.1, -0.05) is 30.3 Å². The molecule has 1 unspecified atom stereocenters. The molecular weight excluding hydrogens is 242 g/mol. The van der Waals surface area contributed by atoms with Crippen LogP contribution in [0.5, 0.6) is 0 Å². The lowest BCUT2D eigenvalue weighted by atomic mass is 9.99. The molecule has 2 amide bonds. The smallest absolute Gasteiger partial charge is 0.346 e. The third kappa shape index (κ3) is 2.51. The molecule has 100 valence electrons. The van der Waals surface area contributed by atoms with E-state index in [1.807, 2.05) is 24.3 Å². The van der Waals surface area contributed by atoms with E-state index in [1.165, 1.54) is 0 Å². The van der Waals surface area contributed by atoms with E-state index in [-0.39, 0.29) is 12.1 Å². The number of ether oxygens (including phenoxy) is 1. The molecule has 0 spiro atoms. The molecular formula is C14H17N3O2. The molecule has 0 radical (unpaired) electrons. The monoisotopic (exact) mass is 259 g/mol. The second-order valence-corrected chi connectivity index (χ2v) is 4.29. The van der Waals surface area contributed by atoms with Crippen molar-refractivity contribution in [2.24, 2.45) is 10.7 Å². The topological polar surface area (TPSA) is 67.9 Å². The number of amidine groups is 1. The summed E-state index contributed by atoms with van der Waals surface area (Å²) in [5, 5.41) is 0. The van der Waals surface area contributed by atoms with Gasteiger partial charge in [0.15, 0.2) is 0 Å². The number of urea groups is 1. The second-order valence-electron chi connectivity index (χ2n) is 4.29. The molecule has 1 atom stereocenters. The molecule has 0 aromatic heterocycles. The Morgan fingerprint density at radius 1 is 1.53 bits per heavy atom. The number of methoxy groups -OCH3 is 1. The Morgan fingerprint density at radius 3 is 2.95 bits per heavy atom. The standard InChI is InChI=1S/C14H17N3O2/c1-3-8-17-12(13(15)16-14(17)18)11-7-5-4-6-10(11)9-19-2/h3-7,12H,1,8-9H2,2H3,(H2,15,16,18). The van der Waals surface area contributed by atoms with E-state index in [4.69, 9.17) is 10.5 Å². The molecule has 5 nitrogen and oxygen atoms in total. The van der Waals surface area contributed by atoms with E-state index in [9.17, 15) is 4.79 Å². The third-order valence-corrected chi connectivity index (χ3v) is 3.04. The van der Waals surface area contributed by atoms with Crippen LogP contribution in [0, 0.1) is 0 Å². The van der Waals surface area contributed by atoms with E-state index in [0.29, 0.717) is 19.0 Å². The lowest BCUT2D eigenvalue weighted by Gasteiger charge is -2.25. The zero-order valence-electron chi connectivity index (χ0n) is 10.9. The number of aliphatic imine (C=N–C) groups is 1. The Hall–Kier alpha value is -2.14. The first-order valence-corrected chi connectivity index (χ1v) is 6.01. The normalized spacial score (nSPS) is 18.6. The highest BCUT2D eigenvalue weighted by atomic mass is 16.5. The maximum Gasteiger partial charge on any atom is 0.346 e. The zero-order valence-corrected chi connectivity index (χ0v) is 10.9. The van der Waals surface area contributed by atoms with Crippen LogP contribution in [0.1, 0.15) is 17.2 Å². The van der Waals surface area contributed by atoms with Crippen LogP contribution in [0.15, 0.2) is 41.9 Å². The average Bonchev–Trinajstić information content (AvgIpc) is 2.66. The number of hydrogen-bond acceptors (Lipinski definition) is 3. The fourth-order valence-corrected chi connectivity index (χ4v) is 2.24. The highest BCUT2D eigenvalue weighted by Gasteiger charge is 2.34. The van der Waals surface area contributed by atoms with Crippen molar-refractivity contribution >= 4 is 11.9 Å². The van der Waals surface area contributed by atoms with Gasteiger partial charge in [0, 0.05) is 13.7 Å². The quantitative estimate of drug-likeness (QED) is 0.820. The van der Waals surface area contributed by atoms with Crippen molar-refractivity contribution in [2.75, 3.05) is 13.7 Å². The van der Waals surface area contributed by atoms with Gasteiger partial charge in [-0.3, -0.25) is 0 Å². The van der Waals surface area contributed by atoms with Crippen LogP contribution in [0.25, 0.3) is 0 Å². The van der Waals surface area contributed by atoms with Gasteiger partial charge >= 0.3 is 6.03 Å². The summed E-state index contributed by atoms with van der Waals surface area (Å²) in [5.41, 5.74) is 7.84. The molecule has 1 aliphatic heterocycles. The van der Waals surface area contributed by atoms with Crippen molar-refractivity contribution in [3.63, 3.8) is 0 Å². The van der Waals surface area contributed by atoms with E-state index >= 15 is 0 Å². The molecule has 1 aliphatic rings. The van der Waals surface area contributed by atoms with Crippen molar-refractivity contribution in [3.8, 4) is 0 Å². The van der Waals surface area contributed by atoms with E-state index in [1.54, 1.807) is 18.1 Å². The SMILES string of the molecule is C=CCN1C(=O)N=C(N)C1c1ccccc1COC. The fraction of sp³-hybridized carbons (Fsp3) is 0.286. The van der Waals surface area contributed by atoms with Gasteiger partial charge in [-0.2, -0.15) is 4.99 Å². The number of hydrogen-bond donors (Lipinski definition) is 1. The molecule has 2 rings (SSSR count). The van der Waals surface area contributed by atoms with Crippen LogP contribution >= 0.6 is 0 Å². The van der Waals surface area contributed by atoms with Crippen LogP contribution in [-0.4, -0.2) is 30.4 Å². The summed E-state index contributed by atoms with van der Waals surface area (Å²) in [6, 6.07) is 7.08. The van der Waals surface area contributed by atoms with Gasteiger partial charge in [-0.25, -0.2) is 4.79 Å². The third-order valence-electron chi connectivity index (χ3n) is 3.04. The summed E-state index contributed by atoms with van der Waals surface area (Å²) in [6.45, 7) is 4.54. The molecule has 0 saturated heterocycles. The van der Waals surface area contributed by atoms with Crippen molar-refractivity contribution in [1.29, 1.82) is 0 Å². The number of nitrogens with two attached hydrogens (primary N) is 1. The molecule has 0 saturated carbocycles. The number of amides is 2. The number of rotatable bonds is 5. The summed E-state index contributed by atoms with van der Waals surface area (Å²) in [6.07, 6.45) is 1.66. The van der Waals surface area contributed by atoms with Crippen LogP contribution < -0.4 is 5.73 Å². The van der Waals surface area contributed by atoms with Gasteiger partial charge in [-0.05, 0) is 11.1 Å². The second kappa shape index (κ2) is 5.67. The number of benzene rings is 1. The fourth-order valence-electron chi connectivity index (χ4n) is 2.24. The predicted octanol–water partition coefficient (Wildman–Crippen LogP) is 1.85. The van der Waals surface area contributed by atoms with Gasteiger partial charge in [-0.15, -0.1) is 6.58 Å². The first kappa shape index (κ1) is 13.3. The molecule has 1 aromatic rings. The summed E-state index contributed by atoms with van der Waals surface area (Å²) in [5.74, 6) is 0.315. The van der Waals surface area contributed by atoms with Crippen LogP contribution in [-0.2, 0) is 11.3 Å². The Kier molecular flexibility index (Phi) is 3.97. The Bertz CT molecular complexity index is 525. The molecule has 0 aliphatic carbocycles. The number of carbonyl (C=O) groups is 1. The van der Waals surface area contributed by atoms with Crippen molar-refractivity contribution in [2.45, 2.75) is 12.6 Å². The molecule has 1 heterocycles. The van der Waals surface area contributed by atoms with Crippen LogP contribution in [0.2, 0.25) is 0 Å². The van der Waals surface area contributed by atoms with Gasteiger partial charge in [0.05, 0.1) is 6.61 Å². The molecule has 0 bridgehead atoms. The van der Waals surface area contributed by atoms with Crippen molar-refractivity contribution in [3.05, 3.63) is 48.0 Å². The first-order chi connectivity index (χ1) is 9.19. The first-order valence-electron chi connectivity index (χ1n) is 6.01. The van der Waals surface area contributed by atoms with Crippen molar-refractivity contribution < 1.29 is 9.53 Å². The Labute approximate surface area is 112 Å². The minimum atomic E-state index is -0.336. The van der Waals surface area contributed by atoms with E-state index in [2.05, 4.69) is 11.6 Å². The molecule has 1 aromatic carbocycles. The molecule has 5 heteroatoms. The molecule has 2 N–H and O–H groups in total. The number of nitrogens with zero attached hydrogens (tertiary/aromatic N) is 2.